The van der Waals surface area contributed by atoms with Crippen molar-refractivity contribution in [1.82, 2.24) is 14.9 Å². The Bertz CT molecular complexity index is 696. The number of sulfonamides is 1. The fourth-order valence-electron chi connectivity index (χ4n) is 1.48. The fraction of sp³-hybridized carbons (Fsp3) is 0.182. The SMILES string of the molecule is Cc1[nH]ncc1CNS(=O)(=O)c1ccc(N)c(F)c1. The van der Waals surface area contributed by atoms with Crippen LogP contribution in [0.3, 0.4) is 0 Å². The number of hydrogen-bond acceptors (Lipinski definition) is 4. The summed E-state index contributed by atoms with van der Waals surface area (Å²) < 4.78 is 39.5. The maximum Gasteiger partial charge on any atom is 0.240 e. The van der Waals surface area contributed by atoms with Crippen LogP contribution in [0, 0.1) is 12.7 Å². The number of hydrogen-bond donors (Lipinski definition) is 3. The highest BCUT2D eigenvalue weighted by Crippen LogP contribution is 2.16. The van der Waals surface area contributed by atoms with Crippen LogP contribution in [0.1, 0.15) is 11.3 Å². The van der Waals surface area contributed by atoms with Crippen molar-refractivity contribution < 1.29 is 12.8 Å². The minimum absolute atomic E-state index is 0.0800. The molecule has 6 nitrogen and oxygen atoms in total. The molecular formula is C11H13FN4O2S. The third-order valence-corrected chi connectivity index (χ3v) is 4.07. The summed E-state index contributed by atoms with van der Waals surface area (Å²) >= 11 is 0. The summed E-state index contributed by atoms with van der Waals surface area (Å²) in [5, 5.41) is 6.48. The second-order valence-electron chi connectivity index (χ2n) is 4.03. The van der Waals surface area contributed by atoms with Crippen LogP contribution in [0.5, 0.6) is 0 Å². The summed E-state index contributed by atoms with van der Waals surface area (Å²) in [5.74, 6) is -0.762. The first kappa shape index (κ1) is 13.5. The Morgan fingerprint density at radius 2 is 2.21 bits per heavy atom. The lowest BCUT2D eigenvalue weighted by molar-refractivity contribution is 0.578. The summed E-state index contributed by atoms with van der Waals surface area (Å²) in [7, 11) is -3.78. The van der Waals surface area contributed by atoms with Crippen LogP contribution in [0.25, 0.3) is 0 Å². The predicted molar refractivity (Wildman–Crippen MR) is 68.2 cm³/mol. The molecule has 0 atom stereocenters. The van der Waals surface area contributed by atoms with E-state index in [1.54, 1.807) is 6.92 Å². The van der Waals surface area contributed by atoms with E-state index in [9.17, 15) is 12.8 Å². The maximum absolute atomic E-state index is 13.3. The summed E-state index contributed by atoms with van der Waals surface area (Å²) in [6.07, 6.45) is 1.53. The summed E-state index contributed by atoms with van der Waals surface area (Å²) in [6, 6.07) is 3.36. The van der Waals surface area contributed by atoms with E-state index in [0.717, 1.165) is 17.3 Å². The number of aromatic nitrogens is 2. The number of benzene rings is 1. The van der Waals surface area contributed by atoms with E-state index in [-0.39, 0.29) is 17.1 Å². The molecule has 0 aliphatic carbocycles. The molecule has 102 valence electrons. The molecule has 0 amide bonds. The van der Waals surface area contributed by atoms with Crippen molar-refractivity contribution in [3.8, 4) is 0 Å². The number of H-pyrrole nitrogens is 1. The molecule has 1 aromatic carbocycles. The number of nitrogens with zero attached hydrogens (tertiary/aromatic N) is 1. The summed E-state index contributed by atoms with van der Waals surface area (Å²) in [5.41, 5.74) is 6.70. The van der Waals surface area contributed by atoms with Gasteiger partial charge in [0.05, 0.1) is 16.8 Å². The number of anilines is 1. The summed E-state index contributed by atoms with van der Waals surface area (Å²) in [4.78, 5) is -0.166. The second-order valence-corrected chi connectivity index (χ2v) is 5.80. The van der Waals surface area contributed by atoms with E-state index < -0.39 is 15.8 Å². The minimum atomic E-state index is -3.78. The first-order valence-corrected chi connectivity index (χ1v) is 6.92. The zero-order valence-electron chi connectivity index (χ0n) is 10.1. The van der Waals surface area contributed by atoms with Crippen molar-refractivity contribution >= 4 is 15.7 Å². The Kier molecular flexibility index (Phi) is 3.54. The smallest absolute Gasteiger partial charge is 0.240 e. The Morgan fingerprint density at radius 1 is 1.47 bits per heavy atom. The molecule has 0 aliphatic rings. The zero-order chi connectivity index (χ0) is 14.0. The van der Waals surface area contributed by atoms with Gasteiger partial charge in [-0.3, -0.25) is 5.10 Å². The van der Waals surface area contributed by atoms with E-state index in [0.29, 0.717) is 0 Å². The first-order valence-electron chi connectivity index (χ1n) is 5.43. The van der Waals surface area contributed by atoms with Gasteiger partial charge in [0.25, 0.3) is 0 Å². The van der Waals surface area contributed by atoms with Gasteiger partial charge in [-0.15, -0.1) is 0 Å². The average Bonchev–Trinajstić information content (AvgIpc) is 2.76. The van der Waals surface area contributed by atoms with Crippen LogP contribution in [-0.2, 0) is 16.6 Å². The Hall–Kier alpha value is -1.93. The van der Waals surface area contributed by atoms with Gasteiger partial charge in [0.15, 0.2) is 0 Å². The lowest BCUT2D eigenvalue weighted by Gasteiger charge is -2.07. The first-order chi connectivity index (χ1) is 8.90. The maximum atomic E-state index is 13.3. The van der Waals surface area contributed by atoms with Gasteiger partial charge in [0.2, 0.25) is 10.0 Å². The van der Waals surface area contributed by atoms with Gasteiger partial charge in [0, 0.05) is 17.8 Å². The third kappa shape index (κ3) is 2.91. The van der Waals surface area contributed by atoms with Gasteiger partial charge in [-0.1, -0.05) is 0 Å². The van der Waals surface area contributed by atoms with Crippen molar-refractivity contribution in [2.45, 2.75) is 18.4 Å². The average molecular weight is 284 g/mol. The van der Waals surface area contributed by atoms with Crippen molar-refractivity contribution in [2.24, 2.45) is 0 Å². The molecule has 0 spiro atoms. The molecule has 0 radical (unpaired) electrons. The monoisotopic (exact) mass is 284 g/mol. The Labute approximate surface area is 109 Å². The molecule has 4 N–H and O–H groups in total. The highest BCUT2D eigenvalue weighted by Gasteiger charge is 2.16. The largest absolute Gasteiger partial charge is 0.396 e. The van der Waals surface area contributed by atoms with E-state index in [2.05, 4.69) is 14.9 Å². The van der Waals surface area contributed by atoms with Gasteiger partial charge < -0.3 is 5.73 Å². The molecule has 0 saturated carbocycles. The molecule has 1 aromatic heterocycles. The Morgan fingerprint density at radius 3 is 2.79 bits per heavy atom. The van der Waals surface area contributed by atoms with E-state index in [1.807, 2.05) is 0 Å². The molecule has 0 aliphatic heterocycles. The van der Waals surface area contributed by atoms with Crippen LogP contribution in [0.15, 0.2) is 29.3 Å². The van der Waals surface area contributed by atoms with Crippen molar-refractivity contribution in [3.63, 3.8) is 0 Å². The highest BCUT2D eigenvalue weighted by molar-refractivity contribution is 7.89. The van der Waals surface area contributed by atoms with Crippen LogP contribution in [0.2, 0.25) is 0 Å². The van der Waals surface area contributed by atoms with E-state index in [4.69, 9.17) is 5.73 Å². The van der Waals surface area contributed by atoms with Gasteiger partial charge in [-0.2, -0.15) is 5.10 Å². The molecule has 0 bridgehead atoms. The highest BCUT2D eigenvalue weighted by atomic mass is 32.2. The number of aryl methyl sites for hydroxylation is 1. The van der Waals surface area contributed by atoms with Crippen LogP contribution >= 0.6 is 0 Å². The lowest BCUT2D eigenvalue weighted by atomic mass is 10.3. The number of halogens is 1. The lowest BCUT2D eigenvalue weighted by Crippen LogP contribution is -2.23. The zero-order valence-corrected chi connectivity index (χ0v) is 11.0. The third-order valence-electron chi connectivity index (χ3n) is 2.67. The summed E-state index contributed by atoms with van der Waals surface area (Å²) in [6.45, 7) is 1.86. The molecule has 19 heavy (non-hydrogen) atoms. The van der Waals surface area contributed by atoms with E-state index in [1.165, 1.54) is 18.3 Å². The van der Waals surface area contributed by atoms with Gasteiger partial charge in [0.1, 0.15) is 5.82 Å². The van der Waals surface area contributed by atoms with Crippen LogP contribution in [-0.4, -0.2) is 18.6 Å². The molecular weight excluding hydrogens is 271 g/mol. The molecule has 0 fully saturated rings. The van der Waals surface area contributed by atoms with Gasteiger partial charge >= 0.3 is 0 Å². The topological polar surface area (TPSA) is 101 Å². The fourth-order valence-corrected chi connectivity index (χ4v) is 2.50. The second kappa shape index (κ2) is 4.98. The standard InChI is InChI=1S/C11H13FN4O2S/c1-7-8(5-14-16-7)6-15-19(17,18)9-2-3-11(13)10(12)4-9/h2-5,15H,6,13H2,1H3,(H,14,16). The minimum Gasteiger partial charge on any atom is -0.396 e. The normalized spacial score (nSPS) is 11.7. The number of aromatic amines is 1. The molecule has 0 saturated heterocycles. The number of nitrogen functional groups attached to an aromatic ring is 1. The van der Waals surface area contributed by atoms with Crippen molar-refractivity contribution in [1.29, 1.82) is 0 Å². The van der Waals surface area contributed by atoms with Crippen LogP contribution in [0.4, 0.5) is 10.1 Å². The predicted octanol–water partition coefficient (Wildman–Crippen LogP) is 0.918. The van der Waals surface area contributed by atoms with Crippen molar-refractivity contribution in [2.75, 3.05) is 5.73 Å². The quantitative estimate of drug-likeness (QED) is 0.727. The molecule has 0 unspecified atom stereocenters. The number of nitrogens with two attached hydrogens (primary N) is 1. The molecule has 8 heteroatoms. The van der Waals surface area contributed by atoms with Crippen LogP contribution < -0.4 is 10.5 Å². The van der Waals surface area contributed by atoms with Crippen molar-refractivity contribution in [3.05, 3.63) is 41.5 Å². The van der Waals surface area contributed by atoms with Gasteiger partial charge in [-0.05, 0) is 25.1 Å². The molecule has 2 rings (SSSR count). The number of rotatable bonds is 4. The number of nitrogens with one attached hydrogen (secondary N) is 2. The van der Waals surface area contributed by atoms with Gasteiger partial charge in [-0.25, -0.2) is 17.5 Å². The molecule has 1 heterocycles. The molecule has 2 aromatic rings. The Balaban J connectivity index is 2.18. The van der Waals surface area contributed by atoms with E-state index >= 15 is 0 Å².